The van der Waals surface area contributed by atoms with Crippen LogP contribution in [0.2, 0.25) is 0 Å². The summed E-state index contributed by atoms with van der Waals surface area (Å²) in [6, 6.07) is 0. The molecule has 0 bridgehead atoms. The van der Waals surface area contributed by atoms with Gasteiger partial charge in [-0.25, -0.2) is 0 Å². The molecule has 1 aliphatic carbocycles. The zero-order valence-corrected chi connectivity index (χ0v) is 6.91. The van der Waals surface area contributed by atoms with Gasteiger partial charge < -0.3 is 0 Å². The smallest absolute Gasteiger partial charge is 0.0273 e. The molecule has 58 valence electrons. The molecule has 0 aromatic heterocycles. The van der Waals surface area contributed by atoms with Gasteiger partial charge >= 0.3 is 0 Å². The average Bonchev–Trinajstić information content (AvgIpc) is 2.55. The molecule has 0 aliphatic heterocycles. The van der Waals surface area contributed by atoms with Gasteiger partial charge in [0.1, 0.15) is 0 Å². The molecule has 1 atom stereocenters. The van der Waals surface area contributed by atoms with Gasteiger partial charge in [0.05, 0.1) is 0 Å². The van der Waals surface area contributed by atoms with Crippen molar-refractivity contribution in [1.82, 2.24) is 0 Å². The van der Waals surface area contributed by atoms with Crippen molar-refractivity contribution in [3.8, 4) is 0 Å². The molecule has 10 heavy (non-hydrogen) atoms. The van der Waals surface area contributed by atoms with Crippen molar-refractivity contribution >= 4 is 0 Å². The average molecular weight is 141 g/mol. The van der Waals surface area contributed by atoms with Gasteiger partial charge in [-0.1, -0.05) is 38.3 Å². The van der Waals surface area contributed by atoms with E-state index in [1.54, 1.807) is 0 Å². The molecule has 1 rings (SSSR count). The van der Waals surface area contributed by atoms with Crippen LogP contribution in [0.5, 0.6) is 0 Å². The van der Waals surface area contributed by atoms with Crippen molar-refractivity contribution < 1.29 is 4.11 Å². The van der Waals surface area contributed by atoms with Gasteiger partial charge in [0.2, 0.25) is 0 Å². The Morgan fingerprint density at radius 2 is 2.60 bits per heavy atom. The second-order valence-electron chi connectivity index (χ2n) is 3.51. The molecular weight excluding hydrogens is 120 g/mol. The third-order valence-corrected chi connectivity index (χ3v) is 2.49. The van der Waals surface area contributed by atoms with Gasteiger partial charge in [-0.2, -0.15) is 0 Å². The molecule has 0 aromatic carbocycles. The molecule has 1 fully saturated rings. The van der Waals surface area contributed by atoms with Crippen molar-refractivity contribution in [2.24, 2.45) is 5.41 Å². The Labute approximate surface area is 68.5 Å². The van der Waals surface area contributed by atoms with Crippen LogP contribution < -0.4 is 0 Å². The highest BCUT2D eigenvalue weighted by Gasteiger charge is 2.41. The summed E-state index contributed by atoms with van der Waals surface area (Å²) in [5.41, 5.74) is 1.37. The van der Waals surface area contributed by atoms with Crippen LogP contribution in [-0.4, -0.2) is 0 Å². The lowest BCUT2D eigenvalue weighted by Crippen LogP contribution is -1.91. The lowest BCUT2D eigenvalue weighted by Gasteiger charge is -2.04. The highest BCUT2D eigenvalue weighted by molar-refractivity contribution is 5.30. The van der Waals surface area contributed by atoms with E-state index in [1.165, 1.54) is 18.9 Å². The normalized spacial score (nSPS) is 40.6. The Kier molecular flexibility index (Phi) is 1.27. The minimum absolute atomic E-state index is 0.227. The summed E-state index contributed by atoms with van der Waals surface area (Å²) in [6.07, 6.45) is 6.00. The standard InChI is InChI=1S/C10H18/c1-4-6-7-10(3)8-9(10)5-2/h5H,4,6-8H2,1-3H3/b9-5+/t10-/m0/s1/i2D3. The molecule has 0 radical (unpaired) electrons. The van der Waals surface area contributed by atoms with E-state index >= 15 is 0 Å². The lowest BCUT2D eigenvalue weighted by atomic mass is 10.0. The van der Waals surface area contributed by atoms with Gasteiger partial charge in [-0.05, 0) is 25.1 Å². The summed E-state index contributed by atoms with van der Waals surface area (Å²) >= 11 is 0. The Hall–Kier alpha value is -0.260. The molecule has 0 N–H and O–H groups in total. The largest absolute Gasteiger partial charge is 0.0879 e. The summed E-state index contributed by atoms with van der Waals surface area (Å²) in [5, 5.41) is 0. The maximum Gasteiger partial charge on any atom is 0.0273 e. The fourth-order valence-electron chi connectivity index (χ4n) is 1.42. The highest BCUT2D eigenvalue weighted by Crippen LogP contribution is 2.54. The van der Waals surface area contributed by atoms with Crippen LogP contribution in [0.4, 0.5) is 0 Å². The fraction of sp³-hybridized carbons (Fsp3) is 0.800. The Morgan fingerprint density at radius 3 is 3.20 bits per heavy atom. The van der Waals surface area contributed by atoms with E-state index in [0.29, 0.717) is 0 Å². The number of hydrogen-bond donors (Lipinski definition) is 0. The van der Waals surface area contributed by atoms with Crippen molar-refractivity contribution in [2.45, 2.75) is 46.4 Å². The molecule has 1 saturated carbocycles. The Balaban J connectivity index is 2.48. The van der Waals surface area contributed by atoms with Crippen LogP contribution >= 0.6 is 0 Å². The van der Waals surface area contributed by atoms with Gasteiger partial charge in [0.25, 0.3) is 0 Å². The molecule has 0 spiro atoms. The van der Waals surface area contributed by atoms with Crippen LogP contribution in [0, 0.1) is 5.41 Å². The maximum absolute atomic E-state index is 7.11. The molecule has 1 aliphatic rings. The first-order chi connectivity index (χ1) is 5.87. The van der Waals surface area contributed by atoms with Crippen LogP contribution in [0.15, 0.2) is 11.6 Å². The number of hydrogen-bond acceptors (Lipinski definition) is 0. The first-order valence-electron chi connectivity index (χ1n) is 5.60. The summed E-state index contributed by atoms with van der Waals surface area (Å²) in [6.45, 7) is 2.46. The van der Waals surface area contributed by atoms with E-state index in [2.05, 4.69) is 13.8 Å². The Bertz CT molecular complexity index is 215. The quantitative estimate of drug-likeness (QED) is 0.527. The van der Waals surface area contributed by atoms with Gasteiger partial charge in [-0.3, -0.25) is 0 Å². The van der Waals surface area contributed by atoms with E-state index in [1.807, 2.05) is 0 Å². The molecule has 0 aromatic rings. The minimum atomic E-state index is -1.88. The van der Waals surface area contributed by atoms with Crippen molar-refractivity contribution in [3.63, 3.8) is 0 Å². The van der Waals surface area contributed by atoms with Gasteiger partial charge in [-0.15, -0.1) is 0 Å². The van der Waals surface area contributed by atoms with Crippen LogP contribution in [0.1, 0.15) is 50.5 Å². The SMILES string of the molecule is [2H]C([2H])([2H])/C=C1\C[C@]1(C)CCCC. The molecule has 0 nitrogen and oxygen atoms in total. The van der Waals surface area contributed by atoms with Crippen LogP contribution in [0.25, 0.3) is 0 Å². The summed E-state index contributed by atoms with van der Waals surface area (Å²) in [7, 11) is 0. The maximum atomic E-state index is 7.11. The topological polar surface area (TPSA) is 0 Å². The van der Waals surface area contributed by atoms with Crippen LogP contribution in [0.3, 0.4) is 0 Å². The van der Waals surface area contributed by atoms with Gasteiger partial charge in [0, 0.05) is 4.11 Å². The predicted molar refractivity (Wildman–Crippen MR) is 46.0 cm³/mol. The molecule has 0 amide bonds. The first-order valence-corrected chi connectivity index (χ1v) is 4.10. The number of allylic oxidation sites excluding steroid dienone is 2. The second-order valence-corrected chi connectivity index (χ2v) is 3.51. The third-order valence-electron chi connectivity index (χ3n) is 2.49. The summed E-state index contributed by atoms with van der Waals surface area (Å²) < 4.78 is 21.3. The number of rotatable bonds is 3. The molecule has 0 heterocycles. The third kappa shape index (κ3) is 1.42. The van der Waals surface area contributed by atoms with E-state index in [4.69, 9.17) is 4.11 Å². The number of unbranched alkanes of at least 4 members (excludes halogenated alkanes) is 1. The second kappa shape index (κ2) is 2.77. The zero-order chi connectivity index (χ0) is 10.1. The molecular formula is C10H18. The molecule has 0 saturated heterocycles. The summed E-state index contributed by atoms with van der Waals surface area (Å²) in [4.78, 5) is 0. The predicted octanol–water partition coefficient (Wildman–Crippen LogP) is 3.53. The summed E-state index contributed by atoms with van der Waals surface area (Å²) in [5.74, 6) is 0. The highest BCUT2D eigenvalue weighted by atomic mass is 14.5. The Morgan fingerprint density at radius 1 is 1.80 bits per heavy atom. The molecule has 0 unspecified atom stereocenters. The minimum Gasteiger partial charge on any atom is -0.0879 e. The van der Waals surface area contributed by atoms with E-state index in [0.717, 1.165) is 18.4 Å². The van der Waals surface area contributed by atoms with E-state index < -0.39 is 6.85 Å². The van der Waals surface area contributed by atoms with E-state index in [-0.39, 0.29) is 5.41 Å². The van der Waals surface area contributed by atoms with Crippen molar-refractivity contribution in [2.75, 3.05) is 0 Å². The van der Waals surface area contributed by atoms with Crippen LogP contribution in [-0.2, 0) is 0 Å². The fourth-order valence-corrected chi connectivity index (χ4v) is 1.42. The van der Waals surface area contributed by atoms with E-state index in [9.17, 15) is 0 Å². The molecule has 0 heteroatoms. The monoisotopic (exact) mass is 141 g/mol. The van der Waals surface area contributed by atoms with Crippen molar-refractivity contribution in [1.29, 1.82) is 0 Å². The van der Waals surface area contributed by atoms with Gasteiger partial charge in [0.15, 0.2) is 0 Å². The lowest BCUT2D eigenvalue weighted by molar-refractivity contribution is 0.512. The van der Waals surface area contributed by atoms with Crippen molar-refractivity contribution in [3.05, 3.63) is 11.6 Å². The zero-order valence-electron chi connectivity index (χ0n) is 9.91. The first kappa shape index (κ1) is 4.58.